The van der Waals surface area contributed by atoms with Crippen molar-refractivity contribution in [2.45, 2.75) is 68.7 Å². The Balaban J connectivity index is 1.38. The predicted molar refractivity (Wildman–Crippen MR) is 156 cm³/mol. The molecule has 3 aliphatic rings. The van der Waals surface area contributed by atoms with Crippen LogP contribution in [-0.2, 0) is 26.0 Å². The van der Waals surface area contributed by atoms with E-state index in [1.54, 1.807) is 13.2 Å². The van der Waals surface area contributed by atoms with E-state index in [0.29, 0.717) is 44.3 Å². The lowest BCUT2D eigenvalue weighted by Crippen LogP contribution is -2.57. The van der Waals surface area contributed by atoms with Crippen molar-refractivity contribution in [2.75, 3.05) is 31.3 Å². The molecule has 3 fully saturated rings. The van der Waals surface area contributed by atoms with Crippen LogP contribution in [0.25, 0.3) is 0 Å². The predicted octanol–water partition coefficient (Wildman–Crippen LogP) is 3.45. The monoisotopic (exact) mass is 620 g/mol. The fourth-order valence-corrected chi connectivity index (χ4v) is 8.47. The minimum atomic E-state index is -3.42. The van der Waals surface area contributed by atoms with Crippen molar-refractivity contribution in [3.05, 3.63) is 65.2 Å². The van der Waals surface area contributed by atoms with Crippen LogP contribution in [0.1, 0.15) is 49.1 Å². The number of nitrogens with one attached hydrogen (secondary N) is 3. The van der Waals surface area contributed by atoms with Crippen LogP contribution in [0.4, 0.5) is 19.3 Å². The highest BCUT2D eigenvalue weighted by molar-refractivity contribution is 7.89. The number of carbonyl (C=O) groups excluding carboxylic acids is 1. The number of amides is 2. The minimum Gasteiger partial charge on any atom is -0.465 e. The van der Waals surface area contributed by atoms with E-state index in [4.69, 9.17) is 4.74 Å². The van der Waals surface area contributed by atoms with Crippen LogP contribution in [0, 0.1) is 17.6 Å². The van der Waals surface area contributed by atoms with E-state index in [0.717, 1.165) is 6.42 Å². The first-order chi connectivity index (χ1) is 20.6. The van der Waals surface area contributed by atoms with Gasteiger partial charge in [0.25, 0.3) is 0 Å². The van der Waals surface area contributed by atoms with Gasteiger partial charge < -0.3 is 25.8 Å². The van der Waals surface area contributed by atoms with Gasteiger partial charge in [-0.1, -0.05) is 18.2 Å². The van der Waals surface area contributed by atoms with E-state index in [1.165, 1.54) is 40.7 Å². The van der Waals surface area contributed by atoms with Gasteiger partial charge in [-0.05, 0) is 74.3 Å². The molecule has 2 bridgehead atoms. The molecule has 0 radical (unpaired) electrons. The highest BCUT2D eigenvalue weighted by Crippen LogP contribution is 2.43. The summed E-state index contributed by atoms with van der Waals surface area (Å²) in [6, 6.07) is 8.35. The Labute approximate surface area is 250 Å². The molecule has 4 N–H and O–H groups in total. The molecule has 10 nitrogen and oxygen atoms in total. The molecule has 2 aromatic rings. The molecule has 2 aliphatic heterocycles. The van der Waals surface area contributed by atoms with Crippen molar-refractivity contribution in [3.63, 3.8) is 0 Å². The number of rotatable bonds is 10. The number of ether oxygens (including phenoxy) is 1. The summed E-state index contributed by atoms with van der Waals surface area (Å²) in [5, 5.41) is 18.2. The van der Waals surface area contributed by atoms with Crippen LogP contribution in [0.3, 0.4) is 0 Å². The van der Waals surface area contributed by atoms with Gasteiger partial charge in [0.2, 0.25) is 15.9 Å². The lowest BCUT2D eigenvalue weighted by Gasteiger charge is -2.42. The van der Waals surface area contributed by atoms with Crippen LogP contribution in [0.15, 0.2) is 42.5 Å². The first-order valence-corrected chi connectivity index (χ1v) is 16.3. The van der Waals surface area contributed by atoms with Crippen molar-refractivity contribution < 1.29 is 36.6 Å². The third-order valence-corrected chi connectivity index (χ3v) is 11.0. The van der Waals surface area contributed by atoms with Crippen LogP contribution in [0.2, 0.25) is 0 Å². The first-order valence-electron chi connectivity index (χ1n) is 14.6. The molecule has 2 amide bonds. The number of anilines is 1. The molecule has 43 heavy (non-hydrogen) atoms. The first kappa shape index (κ1) is 31.3. The number of fused-ring (bicyclic) bond motifs is 2. The molecule has 1 unspecified atom stereocenters. The van der Waals surface area contributed by atoms with Gasteiger partial charge >= 0.3 is 6.09 Å². The number of methoxy groups -OCH3 is 1. The van der Waals surface area contributed by atoms with E-state index < -0.39 is 45.6 Å². The van der Waals surface area contributed by atoms with Crippen molar-refractivity contribution in [2.24, 2.45) is 5.92 Å². The SMILES string of the molecule is COC1CC([C@H](c2ccc(F)cc2)[C@H](NC(=O)O)C(=O)Nc2cccc(F)c2CC[C@H]2CN[C@@H]3CCCS(=O)(=O)N2C3)C1. The Kier molecular flexibility index (Phi) is 9.64. The highest BCUT2D eigenvalue weighted by Gasteiger charge is 2.43. The lowest BCUT2D eigenvalue weighted by molar-refractivity contribution is -0.119. The average Bonchev–Trinajstić information content (AvgIpc) is 3.05. The summed E-state index contributed by atoms with van der Waals surface area (Å²) >= 11 is 0. The van der Waals surface area contributed by atoms with E-state index in [1.807, 2.05) is 0 Å². The minimum absolute atomic E-state index is 0.0334. The lowest BCUT2D eigenvalue weighted by atomic mass is 9.68. The molecule has 2 saturated heterocycles. The second-order valence-electron chi connectivity index (χ2n) is 11.7. The summed E-state index contributed by atoms with van der Waals surface area (Å²) < 4.78 is 61.7. The number of carbonyl (C=O) groups is 2. The molecule has 0 spiro atoms. The quantitative estimate of drug-likeness (QED) is 0.319. The molecule has 2 heterocycles. The van der Waals surface area contributed by atoms with Crippen molar-refractivity contribution in [3.8, 4) is 0 Å². The van der Waals surface area contributed by atoms with Gasteiger partial charge in [0.1, 0.15) is 17.7 Å². The Hall–Kier alpha value is -3.13. The summed E-state index contributed by atoms with van der Waals surface area (Å²) in [5.74, 6) is -2.36. The van der Waals surface area contributed by atoms with E-state index in [9.17, 15) is 27.5 Å². The normalized spacial score (nSPS) is 27.7. The second kappa shape index (κ2) is 13.2. The second-order valence-corrected chi connectivity index (χ2v) is 13.7. The Morgan fingerprint density at radius 3 is 2.60 bits per heavy atom. The number of benzene rings is 2. The third kappa shape index (κ3) is 7.17. The van der Waals surface area contributed by atoms with Gasteiger partial charge in [0, 0.05) is 49.5 Å². The van der Waals surface area contributed by atoms with Gasteiger partial charge in [-0.2, -0.15) is 4.31 Å². The van der Waals surface area contributed by atoms with Gasteiger partial charge in [0.05, 0.1) is 11.9 Å². The van der Waals surface area contributed by atoms with Gasteiger partial charge in [0.15, 0.2) is 0 Å². The number of hydrogen-bond donors (Lipinski definition) is 4. The summed E-state index contributed by atoms with van der Waals surface area (Å²) in [4.78, 5) is 25.7. The molecular formula is C30H38F2N4O6S. The fraction of sp³-hybridized carbons (Fsp3) is 0.533. The molecule has 5 rings (SSSR count). The summed E-state index contributed by atoms with van der Waals surface area (Å²) in [7, 11) is -1.84. The summed E-state index contributed by atoms with van der Waals surface area (Å²) in [5.41, 5.74) is 0.987. The molecule has 1 aliphatic carbocycles. The number of nitrogens with zero attached hydrogens (tertiary/aromatic N) is 1. The maximum Gasteiger partial charge on any atom is 0.405 e. The standard InChI is InChI=1S/C30H38F2N4O6S/c1-42-23-14-19(15-23)27(18-7-9-20(31)10-8-18)28(35-30(38)39)29(37)34-26-6-2-5-25(32)24(26)12-11-22-16-33-21-4-3-13-43(40,41)36(22)17-21/h2,5-10,19,21-23,27-28,33,35H,3-4,11-17H2,1H3,(H,34,37)(H,38,39)/t19?,21-,22+,23?,27+,28+/m1/s1. The number of piperazine rings is 1. The number of carboxylic acid groups (broad SMARTS) is 1. The number of halogens is 2. The van der Waals surface area contributed by atoms with Crippen LogP contribution < -0.4 is 16.0 Å². The van der Waals surface area contributed by atoms with Crippen LogP contribution in [0.5, 0.6) is 0 Å². The van der Waals surface area contributed by atoms with Crippen molar-refractivity contribution in [1.29, 1.82) is 0 Å². The van der Waals surface area contributed by atoms with Gasteiger partial charge in [-0.3, -0.25) is 4.79 Å². The maximum atomic E-state index is 15.2. The van der Waals surface area contributed by atoms with Crippen LogP contribution >= 0.6 is 0 Å². The molecule has 5 atom stereocenters. The molecule has 234 valence electrons. The zero-order chi connectivity index (χ0) is 30.7. The van der Waals surface area contributed by atoms with Crippen molar-refractivity contribution in [1.82, 2.24) is 14.9 Å². The smallest absolute Gasteiger partial charge is 0.405 e. The molecule has 2 aromatic carbocycles. The summed E-state index contributed by atoms with van der Waals surface area (Å²) in [6.45, 7) is 0.833. The number of sulfonamides is 1. The Morgan fingerprint density at radius 1 is 1.16 bits per heavy atom. The molecule has 0 aromatic heterocycles. The summed E-state index contributed by atoms with van der Waals surface area (Å²) in [6.07, 6.45) is 1.59. The van der Waals surface area contributed by atoms with Gasteiger partial charge in [-0.25, -0.2) is 22.0 Å². The Morgan fingerprint density at radius 2 is 1.91 bits per heavy atom. The van der Waals surface area contributed by atoms with E-state index in [2.05, 4.69) is 16.0 Å². The third-order valence-electron chi connectivity index (χ3n) is 9.01. The molecule has 1 saturated carbocycles. The highest BCUT2D eigenvalue weighted by atomic mass is 32.2. The average molecular weight is 621 g/mol. The van der Waals surface area contributed by atoms with Gasteiger partial charge in [-0.15, -0.1) is 0 Å². The Bertz CT molecular complexity index is 1420. The van der Waals surface area contributed by atoms with E-state index >= 15 is 4.39 Å². The zero-order valence-corrected chi connectivity index (χ0v) is 24.8. The zero-order valence-electron chi connectivity index (χ0n) is 24.0. The molecular weight excluding hydrogens is 582 g/mol. The van der Waals surface area contributed by atoms with Crippen LogP contribution in [-0.4, -0.2) is 80.0 Å². The number of hydrogen-bond acceptors (Lipinski definition) is 6. The van der Waals surface area contributed by atoms with Crippen molar-refractivity contribution >= 4 is 27.7 Å². The largest absolute Gasteiger partial charge is 0.465 e. The van der Waals surface area contributed by atoms with E-state index in [-0.39, 0.29) is 47.5 Å². The molecule has 13 heteroatoms. The maximum absolute atomic E-state index is 15.2. The fourth-order valence-electron chi connectivity index (χ4n) is 6.66. The topological polar surface area (TPSA) is 137 Å².